The number of rotatable bonds is 8. The molecule has 0 radical (unpaired) electrons. The lowest BCUT2D eigenvalue weighted by atomic mass is 10.0. The number of ether oxygens (including phenoxy) is 2. The summed E-state index contributed by atoms with van der Waals surface area (Å²) in [6.07, 6.45) is -0.546. The minimum absolute atomic E-state index is 0.110. The van der Waals surface area contributed by atoms with Crippen molar-refractivity contribution in [3.05, 3.63) is 65.2 Å². The van der Waals surface area contributed by atoms with Crippen LogP contribution in [-0.4, -0.2) is 43.2 Å². The van der Waals surface area contributed by atoms with E-state index in [1.54, 1.807) is 6.92 Å². The lowest BCUT2D eigenvalue weighted by Crippen LogP contribution is -2.36. The molecule has 5 heteroatoms. The van der Waals surface area contributed by atoms with Crippen molar-refractivity contribution >= 4 is 5.91 Å². The van der Waals surface area contributed by atoms with E-state index in [-0.39, 0.29) is 5.91 Å². The number of carbonyl (C=O) groups is 1. The molecule has 0 unspecified atom stereocenters. The van der Waals surface area contributed by atoms with E-state index in [9.17, 15) is 4.79 Å². The third-order valence-electron chi connectivity index (χ3n) is 5.21. The number of nitrogens with one attached hydrogen (secondary N) is 1. The average Bonchev–Trinajstić information content (AvgIpc) is 2.74. The highest BCUT2D eigenvalue weighted by Gasteiger charge is 2.17. The van der Waals surface area contributed by atoms with Gasteiger partial charge < -0.3 is 14.8 Å². The predicted molar refractivity (Wildman–Crippen MR) is 115 cm³/mol. The quantitative estimate of drug-likeness (QED) is 0.739. The minimum atomic E-state index is -0.546. The molecule has 1 fully saturated rings. The van der Waals surface area contributed by atoms with Gasteiger partial charge in [-0.2, -0.15) is 0 Å². The summed E-state index contributed by atoms with van der Waals surface area (Å²) in [7, 11) is 0. The van der Waals surface area contributed by atoms with Gasteiger partial charge in [0.05, 0.1) is 13.2 Å². The second kappa shape index (κ2) is 10.4. The van der Waals surface area contributed by atoms with E-state index in [2.05, 4.69) is 48.3 Å². The lowest BCUT2D eigenvalue weighted by Gasteiger charge is -2.26. The smallest absolute Gasteiger partial charge is 0.261 e. The molecule has 1 N–H and O–H groups in total. The molecule has 0 aliphatic carbocycles. The Kier molecular flexibility index (Phi) is 7.67. The first-order chi connectivity index (χ1) is 14.0. The average molecular weight is 397 g/mol. The Morgan fingerprint density at radius 1 is 1.03 bits per heavy atom. The molecule has 5 nitrogen and oxygen atoms in total. The second-order valence-corrected chi connectivity index (χ2v) is 7.88. The molecule has 0 aromatic heterocycles. The van der Waals surface area contributed by atoms with Crippen molar-refractivity contribution in [3.8, 4) is 5.75 Å². The fourth-order valence-electron chi connectivity index (χ4n) is 3.42. The standard InChI is InChI=1S/C24H32N2O3/c1-18(2)22-6-4-5-7-23(22)29-19(3)24(27)25-16-20-8-10-21(11-9-20)17-26-12-14-28-15-13-26/h4-11,18-19H,12-17H2,1-3H3,(H,25,27)/t19-/m1/s1. The maximum absolute atomic E-state index is 12.5. The minimum Gasteiger partial charge on any atom is -0.481 e. The van der Waals surface area contributed by atoms with Crippen molar-refractivity contribution in [2.24, 2.45) is 0 Å². The highest BCUT2D eigenvalue weighted by Crippen LogP contribution is 2.26. The van der Waals surface area contributed by atoms with Gasteiger partial charge in [0.2, 0.25) is 0 Å². The molecule has 1 amide bonds. The molecule has 1 atom stereocenters. The monoisotopic (exact) mass is 396 g/mol. The SMILES string of the molecule is CC(C)c1ccccc1O[C@H](C)C(=O)NCc1ccc(CN2CCOCC2)cc1. The number of morpholine rings is 1. The summed E-state index contributed by atoms with van der Waals surface area (Å²) in [6.45, 7) is 11.1. The van der Waals surface area contributed by atoms with E-state index >= 15 is 0 Å². The number of nitrogens with zero attached hydrogens (tertiary/aromatic N) is 1. The van der Waals surface area contributed by atoms with Crippen LogP contribution in [-0.2, 0) is 22.6 Å². The number of hydrogen-bond acceptors (Lipinski definition) is 4. The molecular weight excluding hydrogens is 364 g/mol. The van der Waals surface area contributed by atoms with Crippen LogP contribution < -0.4 is 10.1 Å². The Bertz CT molecular complexity index is 783. The van der Waals surface area contributed by atoms with Gasteiger partial charge in [-0.05, 0) is 35.6 Å². The van der Waals surface area contributed by atoms with Gasteiger partial charge in [0.25, 0.3) is 5.91 Å². The number of carbonyl (C=O) groups excluding carboxylic acids is 1. The lowest BCUT2D eigenvalue weighted by molar-refractivity contribution is -0.127. The molecular formula is C24H32N2O3. The Hall–Kier alpha value is -2.37. The van der Waals surface area contributed by atoms with Crippen LogP contribution in [0.4, 0.5) is 0 Å². The van der Waals surface area contributed by atoms with Crippen molar-refractivity contribution in [1.29, 1.82) is 0 Å². The molecule has 0 bridgehead atoms. The number of hydrogen-bond donors (Lipinski definition) is 1. The van der Waals surface area contributed by atoms with E-state index in [1.807, 2.05) is 24.3 Å². The summed E-state index contributed by atoms with van der Waals surface area (Å²) >= 11 is 0. The van der Waals surface area contributed by atoms with Crippen molar-refractivity contribution in [2.75, 3.05) is 26.3 Å². The molecule has 1 saturated heterocycles. The fraction of sp³-hybridized carbons (Fsp3) is 0.458. The van der Waals surface area contributed by atoms with Gasteiger partial charge in [-0.15, -0.1) is 0 Å². The topological polar surface area (TPSA) is 50.8 Å². The Morgan fingerprint density at radius 3 is 2.38 bits per heavy atom. The summed E-state index contributed by atoms with van der Waals surface area (Å²) in [5, 5.41) is 2.98. The molecule has 0 spiro atoms. The van der Waals surface area contributed by atoms with Crippen LogP contribution in [0, 0.1) is 0 Å². The molecule has 156 valence electrons. The van der Waals surface area contributed by atoms with Gasteiger partial charge in [-0.25, -0.2) is 0 Å². The van der Waals surface area contributed by atoms with Gasteiger partial charge in [0, 0.05) is 26.2 Å². The third kappa shape index (κ3) is 6.31. The molecule has 1 heterocycles. The van der Waals surface area contributed by atoms with Crippen molar-refractivity contribution in [2.45, 2.75) is 45.9 Å². The largest absolute Gasteiger partial charge is 0.481 e. The zero-order valence-corrected chi connectivity index (χ0v) is 17.7. The Balaban J connectivity index is 1.48. The maximum atomic E-state index is 12.5. The maximum Gasteiger partial charge on any atom is 0.261 e. The van der Waals surface area contributed by atoms with Crippen LogP contribution in [0.1, 0.15) is 43.4 Å². The molecule has 29 heavy (non-hydrogen) atoms. The van der Waals surface area contributed by atoms with Gasteiger partial charge in [-0.3, -0.25) is 9.69 Å². The Morgan fingerprint density at radius 2 is 1.69 bits per heavy atom. The summed E-state index contributed by atoms with van der Waals surface area (Å²) in [6, 6.07) is 16.3. The van der Waals surface area contributed by atoms with E-state index in [1.165, 1.54) is 5.56 Å². The molecule has 2 aromatic carbocycles. The van der Waals surface area contributed by atoms with Crippen LogP contribution in [0.15, 0.2) is 48.5 Å². The summed E-state index contributed by atoms with van der Waals surface area (Å²) in [5.74, 6) is 1.01. The second-order valence-electron chi connectivity index (χ2n) is 7.88. The van der Waals surface area contributed by atoms with Gasteiger partial charge in [-0.1, -0.05) is 56.3 Å². The van der Waals surface area contributed by atoms with E-state index in [4.69, 9.17) is 9.47 Å². The number of para-hydroxylation sites is 1. The summed E-state index contributed by atoms with van der Waals surface area (Å²) in [5.41, 5.74) is 3.48. The molecule has 0 saturated carbocycles. The highest BCUT2D eigenvalue weighted by molar-refractivity contribution is 5.80. The first-order valence-corrected chi connectivity index (χ1v) is 10.4. The third-order valence-corrected chi connectivity index (χ3v) is 5.21. The molecule has 2 aromatic rings. The zero-order valence-electron chi connectivity index (χ0n) is 17.7. The van der Waals surface area contributed by atoms with Crippen LogP contribution >= 0.6 is 0 Å². The molecule has 1 aliphatic rings. The van der Waals surface area contributed by atoms with E-state index in [0.717, 1.165) is 49.7 Å². The van der Waals surface area contributed by atoms with E-state index in [0.29, 0.717) is 12.5 Å². The van der Waals surface area contributed by atoms with E-state index < -0.39 is 6.10 Å². The van der Waals surface area contributed by atoms with Crippen LogP contribution in [0.5, 0.6) is 5.75 Å². The molecule has 3 rings (SSSR count). The zero-order chi connectivity index (χ0) is 20.6. The summed E-state index contributed by atoms with van der Waals surface area (Å²) < 4.78 is 11.3. The van der Waals surface area contributed by atoms with Crippen LogP contribution in [0.2, 0.25) is 0 Å². The number of amides is 1. The van der Waals surface area contributed by atoms with Gasteiger partial charge >= 0.3 is 0 Å². The molecule has 1 aliphatic heterocycles. The van der Waals surface area contributed by atoms with Gasteiger partial charge in [0.1, 0.15) is 5.75 Å². The number of benzene rings is 2. The van der Waals surface area contributed by atoms with Crippen molar-refractivity contribution < 1.29 is 14.3 Å². The predicted octanol–water partition coefficient (Wildman–Crippen LogP) is 3.73. The first-order valence-electron chi connectivity index (χ1n) is 10.4. The first kappa shape index (κ1) is 21.3. The fourth-order valence-corrected chi connectivity index (χ4v) is 3.42. The van der Waals surface area contributed by atoms with Gasteiger partial charge in [0.15, 0.2) is 6.10 Å². The van der Waals surface area contributed by atoms with Crippen LogP contribution in [0.25, 0.3) is 0 Å². The highest BCUT2D eigenvalue weighted by atomic mass is 16.5. The summed E-state index contributed by atoms with van der Waals surface area (Å²) in [4.78, 5) is 14.9. The Labute approximate surface area is 174 Å². The normalized spacial score (nSPS) is 15.9. The van der Waals surface area contributed by atoms with Crippen molar-refractivity contribution in [1.82, 2.24) is 10.2 Å². The van der Waals surface area contributed by atoms with Crippen molar-refractivity contribution in [3.63, 3.8) is 0 Å². The van der Waals surface area contributed by atoms with Crippen LogP contribution in [0.3, 0.4) is 0 Å².